The first-order valence-corrected chi connectivity index (χ1v) is 9.70. The number of methoxy groups -OCH3 is 1. The van der Waals surface area contributed by atoms with Crippen LogP contribution in [0.5, 0.6) is 5.75 Å². The highest BCUT2D eigenvalue weighted by Gasteiger charge is 2.22. The maximum absolute atomic E-state index is 12.8. The van der Waals surface area contributed by atoms with E-state index in [1.54, 1.807) is 14.2 Å². The van der Waals surface area contributed by atoms with Gasteiger partial charge in [-0.2, -0.15) is 5.10 Å². The normalized spacial score (nSPS) is 11.5. The van der Waals surface area contributed by atoms with Gasteiger partial charge in [-0.15, -0.1) is 0 Å². The third kappa shape index (κ3) is 3.95. The van der Waals surface area contributed by atoms with E-state index >= 15 is 0 Å². The van der Waals surface area contributed by atoms with Gasteiger partial charge in [0.25, 0.3) is 0 Å². The molecule has 0 aliphatic rings. The number of rotatable bonds is 7. The van der Waals surface area contributed by atoms with Gasteiger partial charge in [0, 0.05) is 25.4 Å². The van der Waals surface area contributed by atoms with Gasteiger partial charge in [0.05, 0.1) is 7.11 Å². The summed E-state index contributed by atoms with van der Waals surface area (Å²) < 4.78 is 35.1. The van der Waals surface area contributed by atoms with Crippen molar-refractivity contribution in [1.82, 2.24) is 14.5 Å². The molecule has 0 amide bonds. The zero-order valence-electron chi connectivity index (χ0n) is 14.7. The average molecular weight is 371 g/mol. The Bertz CT molecular complexity index is 982. The van der Waals surface area contributed by atoms with E-state index in [9.17, 15) is 8.42 Å². The van der Waals surface area contributed by atoms with Crippen molar-refractivity contribution < 1.29 is 13.2 Å². The molecule has 6 nitrogen and oxygen atoms in total. The van der Waals surface area contributed by atoms with E-state index < -0.39 is 10.0 Å². The lowest BCUT2D eigenvalue weighted by Gasteiger charge is -2.09. The molecule has 0 unspecified atom stereocenters. The van der Waals surface area contributed by atoms with Crippen molar-refractivity contribution in [1.29, 1.82) is 0 Å². The molecule has 0 saturated heterocycles. The molecule has 26 heavy (non-hydrogen) atoms. The lowest BCUT2D eigenvalue weighted by molar-refractivity contribution is 0.409. The Hall–Kier alpha value is -2.64. The second-order valence-corrected chi connectivity index (χ2v) is 7.58. The fourth-order valence-corrected chi connectivity index (χ4v) is 4.00. The monoisotopic (exact) mass is 371 g/mol. The summed E-state index contributed by atoms with van der Waals surface area (Å²) in [6, 6.07) is 16.9. The molecular weight excluding hydrogens is 350 g/mol. The molecular formula is C19H21N3O3S. The Morgan fingerprint density at radius 3 is 2.50 bits per heavy atom. The molecule has 0 aliphatic carbocycles. The third-order valence-electron chi connectivity index (χ3n) is 4.01. The van der Waals surface area contributed by atoms with Crippen LogP contribution in [0.3, 0.4) is 0 Å². The van der Waals surface area contributed by atoms with Gasteiger partial charge in [-0.05, 0) is 18.1 Å². The van der Waals surface area contributed by atoms with Crippen LogP contribution in [0.4, 0.5) is 0 Å². The summed E-state index contributed by atoms with van der Waals surface area (Å²) in [7, 11) is -0.372. The Balaban J connectivity index is 1.79. The summed E-state index contributed by atoms with van der Waals surface area (Å²) in [4.78, 5) is 0.172. The van der Waals surface area contributed by atoms with E-state index in [1.165, 1.54) is 10.9 Å². The number of aromatic nitrogens is 2. The summed E-state index contributed by atoms with van der Waals surface area (Å²) in [5.74, 6) is 0.748. The smallest absolute Gasteiger partial charge is 0.244 e. The predicted octanol–water partition coefficient (Wildman–Crippen LogP) is 2.62. The van der Waals surface area contributed by atoms with Gasteiger partial charge in [-0.1, -0.05) is 48.5 Å². The predicted molar refractivity (Wildman–Crippen MR) is 101 cm³/mol. The first-order chi connectivity index (χ1) is 12.5. The van der Waals surface area contributed by atoms with Crippen molar-refractivity contribution >= 4 is 10.0 Å². The van der Waals surface area contributed by atoms with Crippen LogP contribution in [-0.4, -0.2) is 31.9 Å². The fraction of sp³-hybridized carbons (Fsp3) is 0.211. The van der Waals surface area contributed by atoms with Crippen LogP contribution in [0, 0.1) is 0 Å². The molecule has 0 saturated carbocycles. The van der Waals surface area contributed by atoms with Crippen LogP contribution in [0.15, 0.2) is 65.7 Å². The highest BCUT2D eigenvalue weighted by Crippen LogP contribution is 2.25. The van der Waals surface area contributed by atoms with Gasteiger partial charge in [0.15, 0.2) is 0 Å². The molecule has 0 bridgehead atoms. The molecule has 3 aromatic rings. The maximum Gasteiger partial charge on any atom is 0.244 e. The van der Waals surface area contributed by atoms with Gasteiger partial charge in [0.2, 0.25) is 10.0 Å². The SMILES string of the molecule is COc1ccccc1CCNS(=O)(=O)c1cn(C)nc1-c1ccccc1. The lowest BCUT2D eigenvalue weighted by Crippen LogP contribution is -2.26. The molecule has 7 heteroatoms. The maximum atomic E-state index is 12.8. The molecule has 2 aromatic carbocycles. The summed E-state index contributed by atoms with van der Waals surface area (Å²) in [5, 5.41) is 4.32. The molecule has 3 rings (SSSR count). The number of aryl methyl sites for hydroxylation is 1. The molecule has 1 heterocycles. The molecule has 0 fully saturated rings. The van der Waals surface area contributed by atoms with Crippen molar-refractivity contribution in [2.75, 3.05) is 13.7 Å². The van der Waals surface area contributed by atoms with Crippen molar-refractivity contribution in [3.8, 4) is 17.0 Å². The van der Waals surface area contributed by atoms with Crippen LogP contribution < -0.4 is 9.46 Å². The molecule has 1 aromatic heterocycles. The van der Waals surface area contributed by atoms with Crippen LogP contribution in [0.2, 0.25) is 0 Å². The fourth-order valence-electron chi connectivity index (χ4n) is 2.77. The Morgan fingerprint density at radius 2 is 1.77 bits per heavy atom. The number of benzene rings is 2. The van der Waals surface area contributed by atoms with Gasteiger partial charge in [-0.25, -0.2) is 13.1 Å². The standard InChI is InChI=1S/C19H21N3O3S/c1-22-14-18(19(21-22)16-9-4-3-5-10-16)26(23,24)20-13-12-15-8-6-7-11-17(15)25-2/h3-11,14,20H,12-13H2,1-2H3. The summed E-state index contributed by atoms with van der Waals surface area (Å²) >= 11 is 0. The average Bonchev–Trinajstić information content (AvgIpc) is 3.05. The number of hydrogen-bond acceptors (Lipinski definition) is 4. The highest BCUT2D eigenvalue weighted by molar-refractivity contribution is 7.89. The molecule has 0 atom stereocenters. The molecule has 0 spiro atoms. The molecule has 1 N–H and O–H groups in total. The van der Waals surface area contributed by atoms with Crippen molar-refractivity contribution in [2.45, 2.75) is 11.3 Å². The van der Waals surface area contributed by atoms with E-state index in [1.807, 2.05) is 54.6 Å². The first kappa shape index (κ1) is 18.2. The van der Waals surface area contributed by atoms with Crippen LogP contribution in [0.1, 0.15) is 5.56 Å². The summed E-state index contributed by atoms with van der Waals surface area (Å²) in [5.41, 5.74) is 2.16. The Labute approximate surface area is 153 Å². The molecule has 136 valence electrons. The van der Waals surface area contributed by atoms with Crippen molar-refractivity contribution in [2.24, 2.45) is 7.05 Å². The minimum absolute atomic E-state index is 0.172. The van der Waals surface area contributed by atoms with E-state index in [4.69, 9.17) is 4.74 Å². The quantitative estimate of drug-likeness (QED) is 0.693. The largest absolute Gasteiger partial charge is 0.496 e. The number of sulfonamides is 1. The minimum atomic E-state index is -3.68. The summed E-state index contributed by atoms with van der Waals surface area (Å²) in [6.45, 7) is 0.270. The van der Waals surface area contributed by atoms with E-state index in [-0.39, 0.29) is 11.4 Å². The number of hydrogen-bond donors (Lipinski definition) is 1. The number of nitrogens with one attached hydrogen (secondary N) is 1. The van der Waals surface area contributed by atoms with E-state index in [0.29, 0.717) is 12.1 Å². The topological polar surface area (TPSA) is 73.2 Å². The van der Waals surface area contributed by atoms with Crippen LogP contribution in [0.25, 0.3) is 11.3 Å². The molecule has 0 aliphatic heterocycles. The van der Waals surface area contributed by atoms with Crippen molar-refractivity contribution in [3.63, 3.8) is 0 Å². The number of para-hydroxylation sites is 1. The lowest BCUT2D eigenvalue weighted by atomic mass is 10.1. The van der Waals surface area contributed by atoms with E-state index in [2.05, 4.69) is 9.82 Å². The second-order valence-electron chi connectivity index (χ2n) is 5.84. The van der Waals surface area contributed by atoms with E-state index in [0.717, 1.165) is 16.9 Å². The summed E-state index contributed by atoms with van der Waals surface area (Å²) in [6.07, 6.45) is 2.05. The van der Waals surface area contributed by atoms with Gasteiger partial charge in [0.1, 0.15) is 16.3 Å². The number of ether oxygens (including phenoxy) is 1. The third-order valence-corrected chi connectivity index (χ3v) is 5.47. The Morgan fingerprint density at radius 1 is 1.08 bits per heavy atom. The number of nitrogens with zero attached hydrogens (tertiary/aromatic N) is 2. The van der Waals surface area contributed by atoms with Crippen LogP contribution >= 0.6 is 0 Å². The highest BCUT2D eigenvalue weighted by atomic mass is 32.2. The zero-order valence-corrected chi connectivity index (χ0v) is 15.5. The first-order valence-electron chi connectivity index (χ1n) is 8.22. The van der Waals surface area contributed by atoms with Crippen molar-refractivity contribution in [3.05, 3.63) is 66.4 Å². The zero-order chi connectivity index (χ0) is 18.6. The van der Waals surface area contributed by atoms with Gasteiger partial charge < -0.3 is 4.74 Å². The minimum Gasteiger partial charge on any atom is -0.496 e. The molecule has 0 radical (unpaired) electrons. The second kappa shape index (κ2) is 7.72. The van der Waals surface area contributed by atoms with Crippen LogP contribution in [-0.2, 0) is 23.5 Å². The van der Waals surface area contributed by atoms with Gasteiger partial charge in [-0.3, -0.25) is 4.68 Å². The van der Waals surface area contributed by atoms with Gasteiger partial charge >= 0.3 is 0 Å². The Kier molecular flexibility index (Phi) is 5.39.